The van der Waals surface area contributed by atoms with Gasteiger partial charge in [-0.25, -0.2) is 8.42 Å². The zero-order valence-electron chi connectivity index (χ0n) is 16.0. The largest absolute Gasteiger partial charge is 0.481 e. The van der Waals surface area contributed by atoms with Crippen LogP contribution < -0.4 is 5.32 Å². The highest BCUT2D eigenvalue weighted by molar-refractivity contribution is 7.90. The second-order valence-corrected chi connectivity index (χ2v) is 9.16. The van der Waals surface area contributed by atoms with E-state index in [2.05, 4.69) is 5.32 Å². The van der Waals surface area contributed by atoms with Crippen molar-refractivity contribution in [1.29, 1.82) is 0 Å². The molecule has 0 atom stereocenters. The van der Waals surface area contributed by atoms with Gasteiger partial charge in [-0.05, 0) is 68.7 Å². The van der Waals surface area contributed by atoms with E-state index in [4.69, 9.17) is 0 Å². The summed E-state index contributed by atoms with van der Waals surface area (Å²) in [5.74, 6) is -1.37. The molecule has 2 rings (SSSR count). The third-order valence-corrected chi connectivity index (χ3v) is 5.80. The fraction of sp³-hybridized carbons (Fsp3) is 0.300. The fourth-order valence-corrected chi connectivity index (χ4v) is 3.29. The number of carbonyl (C=O) groups is 2. The average Bonchev–Trinajstić information content (AvgIpc) is 2.56. The fourth-order valence-electron chi connectivity index (χ4n) is 2.57. The Morgan fingerprint density at radius 3 is 2.07 bits per heavy atom. The summed E-state index contributed by atoms with van der Waals surface area (Å²) in [5.41, 5.74) is 1.75. The maximum absolute atomic E-state index is 12.7. The number of carbonyl (C=O) groups excluding carboxylic acids is 1. The van der Waals surface area contributed by atoms with Crippen molar-refractivity contribution >= 4 is 27.4 Å². The molecule has 27 heavy (non-hydrogen) atoms. The molecule has 0 unspecified atom stereocenters. The number of aryl methyl sites for hydroxylation is 1. The Kier molecular flexibility index (Phi) is 5.47. The second-order valence-electron chi connectivity index (χ2n) is 7.15. The maximum Gasteiger partial charge on any atom is 0.313 e. The summed E-state index contributed by atoms with van der Waals surface area (Å²) in [5, 5.41) is 12.0. The summed E-state index contributed by atoms with van der Waals surface area (Å²) in [6.45, 7) is 6.72. The van der Waals surface area contributed by atoms with E-state index >= 15 is 0 Å². The van der Waals surface area contributed by atoms with E-state index in [0.717, 1.165) is 6.26 Å². The molecule has 0 bridgehead atoms. The number of aliphatic carboxylic acids is 1. The normalized spacial score (nSPS) is 11.9. The van der Waals surface area contributed by atoms with Crippen LogP contribution in [0.2, 0.25) is 0 Å². The van der Waals surface area contributed by atoms with Crippen molar-refractivity contribution in [2.45, 2.75) is 38.0 Å². The van der Waals surface area contributed by atoms with Crippen LogP contribution in [0, 0.1) is 13.8 Å². The minimum atomic E-state index is -3.44. The third-order valence-electron chi connectivity index (χ3n) is 4.71. The zero-order valence-corrected chi connectivity index (χ0v) is 16.8. The van der Waals surface area contributed by atoms with Crippen molar-refractivity contribution in [3.63, 3.8) is 0 Å². The Bertz CT molecular complexity index is 1010. The van der Waals surface area contributed by atoms with Crippen LogP contribution >= 0.6 is 0 Å². The molecule has 144 valence electrons. The molecule has 1 amide bonds. The van der Waals surface area contributed by atoms with Gasteiger partial charge in [0.05, 0.1) is 10.3 Å². The van der Waals surface area contributed by atoms with E-state index in [1.54, 1.807) is 58.0 Å². The SMILES string of the molecule is Cc1cc(S(C)(=O)=O)cc(C(=O)Nc2ccc(C(C)(C)C(=O)O)cc2)c1C. The molecular weight excluding hydrogens is 366 g/mol. The number of nitrogens with one attached hydrogen (secondary N) is 1. The van der Waals surface area contributed by atoms with E-state index in [9.17, 15) is 23.1 Å². The van der Waals surface area contributed by atoms with Gasteiger partial charge < -0.3 is 10.4 Å². The minimum Gasteiger partial charge on any atom is -0.481 e. The first-order valence-corrected chi connectivity index (χ1v) is 10.2. The van der Waals surface area contributed by atoms with Crippen molar-refractivity contribution < 1.29 is 23.1 Å². The van der Waals surface area contributed by atoms with Crippen molar-refractivity contribution in [2.24, 2.45) is 0 Å². The van der Waals surface area contributed by atoms with Gasteiger partial charge in [0.1, 0.15) is 0 Å². The molecule has 0 aliphatic carbocycles. The lowest BCUT2D eigenvalue weighted by atomic mass is 9.85. The Labute approximate surface area is 159 Å². The van der Waals surface area contributed by atoms with Crippen LogP contribution in [0.4, 0.5) is 5.69 Å². The molecule has 0 spiro atoms. The first kappa shape index (κ1) is 20.6. The summed E-state index contributed by atoms with van der Waals surface area (Å²) in [7, 11) is -3.44. The predicted octanol–water partition coefficient (Wildman–Crippen LogP) is 3.32. The minimum absolute atomic E-state index is 0.0919. The molecule has 2 N–H and O–H groups in total. The summed E-state index contributed by atoms with van der Waals surface area (Å²) in [4.78, 5) is 24.1. The lowest BCUT2D eigenvalue weighted by molar-refractivity contribution is -0.142. The molecule has 0 aromatic heterocycles. The molecule has 2 aromatic rings. The summed E-state index contributed by atoms with van der Waals surface area (Å²) in [6.07, 6.45) is 1.10. The van der Waals surface area contributed by atoms with E-state index in [1.165, 1.54) is 6.07 Å². The van der Waals surface area contributed by atoms with E-state index in [-0.39, 0.29) is 10.5 Å². The lowest BCUT2D eigenvalue weighted by Gasteiger charge is -2.20. The van der Waals surface area contributed by atoms with Crippen molar-refractivity contribution in [2.75, 3.05) is 11.6 Å². The van der Waals surface area contributed by atoms with Crippen molar-refractivity contribution in [3.8, 4) is 0 Å². The lowest BCUT2D eigenvalue weighted by Crippen LogP contribution is -2.28. The molecule has 0 saturated carbocycles. The van der Waals surface area contributed by atoms with E-state index < -0.39 is 27.1 Å². The van der Waals surface area contributed by atoms with Crippen LogP contribution in [0.1, 0.15) is 40.9 Å². The Morgan fingerprint density at radius 2 is 1.59 bits per heavy atom. The molecule has 7 heteroatoms. The Hall–Kier alpha value is -2.67. The molecular formula is C20H23NO5S. The number of carboxylic acids is 1. The Balaban J connectivity index is 2.33. The highest BCUT2D eigenvalue weighted by Crippen LogP contribution is 2.26. The molecule has 6 nitrogen and oxygen atoms in total. The molecule has 0 heterocycles. The predicted molar refractivity (Wildman–Crippen MR) is 104 cm³/mol. The van der Waals surface area contributed by atoms with Gasteiger partial charge in [0.15, 0.2) is 9.84 Å². The number of rotatable bonds is 5. The summed E-state index contributed by atoms with van der Waals surface area (Å²) < 4.78 is 23.7. The number of hydrogen-bond acceptors (Lipinski definition) is 4. The first-order chi connectivity index (χ1) is 12.3. The second kappa shape index (κ2) is 7.15. The van der Waals surface area contributed by atoms with Crippen LogP contribution in [-0.4, -0.2) is 31.7 Å². The van der Waals surface area contributed by atoms with Crippen molar-refractivity contribution in [1.82, 2.24) is 0 Å². The first-order valence-electron chi connectivity index (χ1n) is 8.30. The highest BCUT2D eigenvalue weighted by Gasteiger charge is 2.29. The van der Waals surface area contributed by atoms with Gasteiger partial charge >= 0.3 is 5.97 Å². The standard InChI is InChI=1S/C20H23NO5S/c1-12-10-16(27(5,25)26)11-17(13(12)2)18(22)21-15-8-6-14(7-9-15)20(3,4)19(23)24/h6-11H,1-5H3,(H,21,22)(H,23,24). The zero-order chi connectivity index (χ0) is 20.6. The van der Waals surface area contributed by atoms with Crippen LogP contribution in [0.5, 0.6) is 0 Å². The number of carboxylic acid groups (broad SMARTS) is 1. The topological polar surface area (TPSA) is 101 Å². The molecule has 0 radical (unpaired) electrons. The molecule has 0 saturated heterocycles. The molecule has 2 aromatic carbocycles. The maximum atomic E-state index is 12.7. The number of hydrogen-bond donors (Lipinski definition) is 2. The van der Waals surface area contributed by atoms with Crippen LogP contribution in [-0.2, 0) is 20.0 Å². The van der Waals surface area contributed by atoms with Gasteiger partial charge in [-0.15, -0.1) is 0 Å². The van der Waals surface area contributed by atoms with Gasteiger partial charge in [0.25, 0.3) is 5.91 Å². The van der Waals surface area contributed by atoms with Gasteiger partial charge in [-0.3, -0.25) is 9.59 Å². The molecule has 0 aliphatic rings. The van der Waals surface area contributed by atoms with Gasteiger partial charge in [-0.2, -0.15) is 0 Å². The van der Waals surface area contributed by atoms with Gasteiger partial charge in [0, 0.05) is 17.5 Å². The van der Waals surface area contributed by atoms with Crippen LogP contribution in [0.25, 0.3) is 0 Å². The third kappa shape index (κ3) is 4.36. The van der Waals surface area contributed by atoms with E-state index in [1.807, 2.05) is 0 Å². The van der Waals surface area contributed by atoms with Crippen LogP contribution in [0.15, 0.2) is 41.3 Å². The van der Waals surface area contributed by atoms with Crippen molar-refractivity contribution in [3.05, 3.63) is 58.7 Å². The number of benzene rings is 2. The van der Waals surface area contributed by atoms with Gasteiger partial charge in [-0.1, -0.05) is 12.1 Å². The molecule has 0 fully saturated rings. The average molecular weight is 389 g/mol. The number of anilines is 1. The molecule has 0 aliphatic heterocycles. The summed E-state index contributed by atoms with van der Waals surface area (Å²) >= 11 is 0. The monoisotopic (exact) mass is 389 g/mol. The van der Waals surface area contributed by atoms with Gasteiger partial charge in [0.2, 0.25) is 0 Å². The smallest absolute Gasteiger partial charge is 0.313 e. The number of amides is 1. The number of sulfone groups is 1. The van der Waals surface area contributed by atoms with Crippen LogP contribution in [0.3, 0.4) is 0 Å². The highest BCUT2D eigenvalue weighted by atomic mass is 32.2. The van der Waals surface area contributed by atoms with E-state index in [0.29, 0.717) is 22.4 Å². The quantitative estimate of drug-likeness (QED) is 0.817. The summed E-state index contributed by atoms with van der Waals surface area (Å²) in [6, 6.07) is 9.46. The Morgan fingerprint density at radius 1 is 1.04 bits per heavy atom.